The second kappa shape index (κ2) is 5.71. The molecule has 1 aliphatic heterocycles. The van der Waals surface area contributed by atoms with Gasteiger partial charge in [-0.1, -0.05) is 6.92 Å². The standard InChI is InChI=1S/C14H21NO4S/c1-10-6-7-15(13(10)9-16)20(17,18)12-4-5-14(19-3)11(2)8-12/h4-5,8,10,13,16H,6-7,9H2,1-3H3. The number of rotatable bonds is 4. The van der Waals surface area contributed by atoms with Crippen LogP contribution in [0.4, 0.5) is 0 Å². The summed E-state index contributed by atoms with van der Waals surface area (Å²) in [4.78, 5) is 0.253. The SMILES string of the molecule is COc1ccc(S(=O)(=O)N2CCC(C)C2CO)cc1C. The molecule has 2 atom stereocenters. The average molecular weight is 299 g/mol. The molecule has 1 aromatic rings. The molecule has 0 saturated carbocycles. The van der Waals surface area contributed by atoms with Crippen LogP contribution in [-0.4, -0.2) is 44.1 Å². The van der Waals surface area contributed by atoms with Crippen LogP contribution < -0.4 is 4.74 Å². The molecule has 5 nitrogen and oxygen atoms in total. The van der Waals surface area contributed by atoms with Crippen molar-refractivity contribution in [3.63, 3.8) is 0 Å². The number of hydrogen-bond donors (Lipinski definition) is 1. The Morgan fingerprint density at radius 1 is 1.45 bits per heavy atom. The van der Waals surface area contributed by atoms with Gasteiger partial charge in [-0.3, -0.25) is 0 Å². The summed E-state index contributed by atoms with van der Waals surface area (Å²) in [5, 5.41) is 9.43. The van der Waals surface area contributed by atoms with Gasteiger partial charge in [0.25, 0.3) is 0 Å². The van der Waals surface area contributed by atoms with Gasteiger partial charge in [-0.2, -0.15) is 4.31 Å². The highest BCUT2D eigenvalue weighted by molar-refractivity contribution is 7.89. The molecule has 20 heavy (non-hydrogen) atoms. The zero-order valence-corrected chi connectivity index (χ0v) is 12.9. The van der Waals surface area contributed by atoms with Gasteiger partial charge in [-0.25, -0.2) is 8.42 Å². The summed E-state index contributed by atoms with van der Waals surface area (Å²) in [7, 11) is -2.01. The minimum Gasteiger partial charge on any atom is -0.496 e. The fourth-order valence-corrected chi connectivity index (χ4v) is 4.50. The minimum absolute atomic E-state index is 0.143. The molecule has 1 heterocycles. The first-order valence-corrected chi connectivity index (χ1v) is 8.13. The summed E-state index contributed by atoms with van der Waals surface area (Å²) < 4.78 is 31.9. The fraction of sp³-hybridized carbons (Fsp3) is 0.571. The van der Waals surface area contributed by atoms with Crippen molar-refractivity contribution in [3.8, 4) is 5.75 Å². The molecule has 1 aliphatic rings. The number of ether oxygens (including phenoxy) is 1. The topological polar surface area (TPSA) is 66.8 Å². The Kier molecular flexibility index (Phi) is 4.36. The number of hydrogen-bond acceptors (Lipinski definition) is 4. The monoisotopic (exact) mass is 299 g/mol. The summed E-state index contributed by atoms with van der Waals surface area (Å²) in [6.45, 7) is 4.10. The Bertz CT molecular complexity index is 585. The van der Waals surface area contributed by atoms with Gasteiger partial charge in [0, 0.05) is 6.54 Å². The van der Waals surface area contributed by atoms with Crippen LogP contribution in [0.5, 0.6) is 5.75 Å². The highest BCUT2D eigenvalue weighted by atomic mass is 32.2. The minimum atomic E-state index is -3.56. The largest absolute Gasteiger partial charge is 0.496 e. The number of aliphatic hydroxyl groups excluding tert-OH is 1. The van der Waals surface area contributed by atoms with Crippen LogP contribution in [0.1, 0.15) is 18.9 Å². The molecule has 1 aromatic carbocycles. The Balaban J connectivity index is 2.38. The van der Waals surface area contributed by atoms with Crippen molar-refractivity contribution in [2.24, 2.45) is 5.92 Å². The van der Waals surface area contributed by atoms with Gasteiger partial charge < -0.3 is 9.84 Å². The van der Waals surface area contributed by atoms with Crippen molar-refractivity contribution in [1.29, 1.82) is 0 Å². The fourth-order valence-electron chi connectivity index (χ4n) is 2.69. The third-order valence-electron chi connectivity index (χ3n) is 3.99. The second-order valence-electron chi connectivity index (χ2n) is 5.26. The average Bonchev–Trinajstić information content (AvgIpc) is 2.80. The lowest BCUT2D eigenvalue weighted by molar-refractivity contribution is 0.191. The normalized spacial score (nSPS) is 24.0. The van der Waals surface area contributed by atoms with E-state index in [0.717, 1.165) is 12.0 Å². The molecule has 112 valence electrons. The van der Waals surface area contributed by atoms with Gasteiger partial charge in [-0.05, 0) is 43.0 Å². The van der Waals surface area contributed by atoms with Crippen molar-refractivity contribution < 1.29 is 18.3 Å². The molecule has 1 saturated heterocycles. The molecule has 0 bridgehead atoms. The van der Waals surface area contributed by atoms with Gasteiger partial charge in [0.1, 0.15) is 5.75 Å². The third kappa shape index (κ3) is 2.55. The summed E-state index contributed by atoms with van der Waals surface area (Å²) in [5.74, 6) is 0.839. The smallest absolute Gasteiger partial charge is 0.243 e. The van der Waals surface area contributed by atoms with Gasteiger partial charge in [0.05, 0.1) is 24.7 Å². The lowest BCUT2D eigenvalue weighted by Crippen LogP contribution is -2.39. The predicted octanol–water partition coefficient (Wildman–Crippen LogP) is 1.40. The number of aryl methyl sites for hydroxylation is 1. The molecule has 1 fully saturated rings. The molecular formula is C14H21NO4S. The van der Waals surface area contributed by atoms with E-state index in [1.165, 1.54) is 4.31 Å². The molecule has 0 amide bonds. The Morgan fingerprint density at radius 2 is 2.15 bits per heavy atom. The van der Waals surface area contributed by atoms with E-state index in [9.17, 15) is 13.5 Å². The van der Waals surface area contributed by atoms with E-state index in [4.69, 9.17) is 4.74 Å². The van der Waals surface area contributed by atoms with E-state index in [0.29, 0.717) is 12.3 Å². The Labute approximate surface area is 120 Å². The zero-order chi connectivity index (χ0) is 14.9. The van der Waals surface area contributed by atoms with Crippen molar-refractivity contribution >= 4 is 10.0 Å². The quantitative estimate of drug-likeness (QED) is 0.912. The summed E-state index contributed by atoms with van der Waals surface area (Å²) in [6, 6.07) is 4.50. The van der Waals surface area contributed by atoms with Gasteiger partial charge in [-0.15, -0.1) is 0 Å². The molecule has 0 aliphatic carbocycles. The van der Waals surface area contributed by atoms with E-state index >= 15 is 0 Å². The van der Waals surface area contributed by atoms with Gasteiger partial charge >= 0.3 is 0 Å². The van der Waals surface area contributed by atoms with Crippen molar-refractivity contribution in [1.82, 2.24) is 4.31 Å². The van der Waals surface area contributed by atoms with E-state index in [2.05, 4.69) is 0 Å². The van der Waals surface area contributed by atoms with Crippen LogP contribution in [0.15, 0.2) is 23.1 Å². The third-order valence-corrected chi connectivity index (χ3v) is 5.91. The highest BCUT2D eigenvalue weighted by Crippen LogP contribution is 2.31. The lowest BCUT2D eigenvalue weighted by Gasteiger charge is -2.24. The van der Waals surface area contributed by atoms with Crippen molar-refractivity contribution in [2.45, 2.75) is 31.2 Å². The Morgan fingerprint density at radius 3 is 2.70 bits per heavy atom. The number of methoxy groups -OCH3 is 1. The maximum Gasteiger partial charge on any atom is 0.243 e. The van der Waals surface area contributed by atoms with Crippen LogP contribution in [0.25, 0.3) is 0 Å². The van der Waals surface area contributed by atoms with Crippen LogP contribution >= 0.6 is 0 Å². The maximum atomic E-state index is 12.7. The van der Waals surface area contributed by atoms with Crippen molar-refractivity contribution in [3.05, 3.63) is 23.8 Å². The maximum absolute atomic E-state index is 12.7. The molecule has 1 N–H and O–H groups in total. The predicted molar refractivity (Wildman–Crippen MR) is 76.3 cm³/mol. The molecule has 6 heteroatoms. The molecule has 2 unspecified atom stereocenters. The van der Waals surface area contributed by atoms with Crippen LogP contribution in [0, 0.1) is 12.8 Å². The van der Waals surface area contributed by atoms with E-state index in [1.807, 2.05) is 13.8 Å². The van der Waals surface area contributed by atoms with E-state index < -0.39 is 10.0 Å². The second-order valence-corrected chi connectivity index (χ2v) is 7.15. The lowest BCUT2D eigenvalue weighted by atomic mass is 10.0. The molecule has 2 rings (SSSR count). The molecular weight excluding hydrogens is 278 g/mol. The molecule has 0 aromatic heterocycles. The first-order valence-electron chi connectivity index (χ1n) is 6.69. The summed E-state index contributed by atoms with van der Waals surface area (Å²) in [6.07, 6.45) is 0.777. The number of nitrogens with zero attached hydrogens (tertiary/aromatic N) is 1. The summed E-state index contributed by atoms with van der Waals surface area (Å²) >= 11 is 0. The van der Waals surface area contributed by atoms with Crippen LogP contribution in [0.3, 0.4) is 0 Å². The number of sulfonamides is 1. The molecule has 0 spiro atoms. The summed E-state index contributed by atoms with van der Waals surface area (Å²) in [5.41, 5.74) is 0.779. The van der Waals surface area contributed by atoms with Gasteiger partial charge in [0.2, 0.25) is 10.0 Å². The van der Waals surface area contributed by atoms with Gasteiger partial charge in [0.15, 0.2) is 0 Å². The van der Waals surface area contributed by atoms with Crippen LogP contribution in [0.2, 0.25) is 0 Å². The first-order chi connectivity index (χ1) is 9.41. The number of aliphatic hydroxyl groups is 1. The van der Waals surface area contributed by atoms with Crippen molar-refractivity contribution in [2.75, 3.05) is 20.3 Å². The van der Waals surface area contributed by atoms with E-state index in [-0.39, 0.29) is 23.5 Å². The Hall–Kier alpha value is -1.11. The highest BCUT2D eigenvalue weighted by Gasteiger charge is 2.39. The van der Waals surface area contributed by atoms with E-state index in [1.54, 1.807) is 25.3 Å². The zero-order valence-electron chi connectivity index (χ0n) is 12.0. The first kappa shape index (κ1) is 15.3. The molecule has 0 radical (unpaired) electrons. The van der Waals surface area contributed by atoms with Crippen LogP contribution in [-0.2, 0) is 10.0 Å². The number of benzene rings is 1.